The van der Waals surface area contributed by atoms with E-state index in [1.165, 1.54) is 0 Å². The SMILES string of the molecule is Cc1ccc(C(O)C2(CN)CCOCC2)cn1. The van der Waals surface area contributed by atoms with Crippen molar-refractivity contribution < 1.29 is 9.84 Å². The van der Waals surface area contributed by atoms with E-state index in [0.29, 0.717) is 19.8 Å². The van der Waals surface area contributed by atoms with Crippen LogP contribution in [0.15, 0.2) is 18.3 Å². The molecule has 2 heterocycles. The van der Waals surface area contributed by atoms with Gasteiger partial charge in [-0.15, -0.1) is 0 Å². The van der Waals surface area contributed by atoms with Gasteiger partial charge in [0.25, 0.3) is 0 Å². The molecule has 0 saturated carbocycles. The molecule has 94 valence electrons. The third-order valence-electron chi connectivity index (χ3n) is 3.73. The van der Waals surface area contributed by atoms with Crippen LogP contribution in [-0.2, 0) is 4.74 Å². The first-order valence-corrected chi connectivity index (χ1v) is 6.06. The van der Waals surface area contributed by atoms with Crippen molar-refractivity contribution >= 4 is 0 Å². The predicted molar refractivity (Wildman–Crippen MR) is 65.5 cm³/mol. The van der Waals surface area contributed by atoms with Crippen LogP contribution in [0.3, 0.4) is 0 Å². The average molecular weight is 236 g/mol. The summed E-state index contributed by atoms with van der Waals surface area (Å²) < 4.78 is 5.35. The lowest BCUT2D eigenvalue weighted by Crippen LogP contribution is -2.41. The topological polar surface area (TPSA) is 68.4 Å². The monoisotopic (exact) mass is 236 g/mol. The molecule has 1 unspecified atom stereocenters. The molecule has 0 aromatic carbocycles. The van der Waals surface area contributed by atoms with Crippen LogP contribution in [0.4, 0.5) is 0 Å². The molecule has 1 aliphatic rings. The standard InChI is InChI=1S/C13H20N2O2/c1-10-2-3-11(8-15-10)12(16)13(9-14)4-6-17-7-5-13/h2-3,8,12,16H,4-7,9,14H2,1H3. The van der Waals surface area contributed by atoms with E-state index >= 15 is 0 Å². The first kappa shape index (κ1) is 12.5. The number of ether oxygens (including phenoxy) is 1. The van der Waals surface area contributed by atoms with E-state index in [1.54, 1.807) is 6.20 Å². The maximum absolute atomic E-state index is 10.5. The Morgan fingerprint density at radius 2 is 2.18 bits per heavy atom. The van der Waals surface area contributed by atoms with E-state index in [-0.39, 0.29) is 5.41 Å². The van der Waals surface area contributed by atoms with Crippen LogP contribution in [0.2, 0.25) is 0 Å². The van der Waals surface area contributed by atoms with Crippen molar-refractivity contribution in [2.24, 2.45) is 11.1 Å². The Hall–Kier alpha value is -0.970. The predicted octanol–water partition coefficient (Wildman–Crippen LogP) is 1.18. The van der Waals surface area contributed by atoms with E-state index in [0.717, 1.165) is 24.1 Å². The number of pyridine rings is 1. The van der Waals surface area contributed by atoms with Gasteiger partial charge in [-0.05, 0) is 31.4 Å². The highest BCUT2D eigenvalue weighted by Gasteiger charge is 2.39. The summed E-state index contributed by atoms with van der Waals surface area (Å²) in [5, 5.41) is 10.5. The second-order valence-corrected chi connectivity index (χ2v) is 4.81. The average Bonchev–Trinajstić information content (AvgIpc) is 2.39. The van der Waals surface area contributed by atoms with Gasteiger partial charge in [-0.25, -0.2) is 0 Å². The summed E-state index contributed by atoms with van der Waals surface area (Å²) in [5.74, 6) is 0. The highest BCUT2D eigenvalue weighted by atomic mass is 16.5. The molecule has 1 atom stereocenters. The minimum Gasteiger partial charge on any atom is -0.388 e. The van der Waals surface area contributed by atoms with E-state index in [1.807, 2.05) is 19.1 Å². The molecule has 0 amide bonds. The lowest BCUT2D eigenvalue weighted by atomic mass is 9.73. The van der Waals surface area contributed by atoms with Gasteiger partial charge in [-0.3, -0.25) is 4.98 Å². The van der Waals surface area contributed by atoms with Crippen LogP contribution in [-0.4, -0.2) is 29.8 Å². The number of hydrogen-bond acceptors (Lipinski definition) is 4. The third kappa shape index (κ3) is 2.49. The summed E-state index contributed by atoms with van der Waals surface area (Å²) in [7, 11) is 0. The van der Waals surface area contributed by atoms with Crippen LogP contribution in [0, 0.1) is 12.3 Å². The molecule has 3 N–H and O–H groups in total. The van der Waals surface area contributed by atoms with Gasteiger partial charge in [0, 0.05) is 37.1 Å². The van der Waals surface area contributed by atoms with E-state index in [2.05, 4.69) is 4.98 Å². The number of aryl methyl sites for hydroxylation is 1. The Bertz CT molecular complexity index is 358. The molecule has 1 saturated heterocycles. The molecule has 1 fully saturated rings. The number of nitrogens with two attached hydrogens (primary N) is 1. The van der Waals surface area contributed by atoms with Crippen molar-refractivity contribution in [2.75, 3.05) is 19.8 Å². The normalized spacial score (nSPS) is 21.1. The first-order valence-electron chi connectivity index (χ1n) is 6.06. The van der Waals surface area contributed by atoms with Crippen LogP contribution in [0.1, 0.15) is 30.2 Å². The van der Waals surface area contributed by atoms with Crippen molar-refractivity contribution in [3.05, 3.63) is 29.6 Å². The zero-order valence-electron chi connectivity index (χ0n) is 10.2. The van der Waals surface area contributed by atoms with Gasteiger partial charge in [-0.2, -0.15) is 0 Å². The van der Waals surface area contributed by atoms with Crippen LogP contribution < -0.4 is 5.73 Å². The van der Waals surface area contributed by atoms with Crippen LogP contribution in [0.25, 0.3) is 0 Å². The van der Waals surface area contributed by atoms with E-state index in [4.69, 9.17) is 10.5 Å². The lowest BCUT2D eigenvalue weighted by molar-refractivity contribution is -0.0582. The maximum atomic E-state index is 10.5. The summed E-state index contributed by atoms with van der Waals surface area (Å²) in [6.45, 7) is 3.76. The number of aliphatic hydroxyl groups is 1. The van der Waals surface area contributed by atoms with Gasteiger partial charge >= 0.3 is 0 Å². The molecule has 2 rings (SSSR count). The molecule has 4 heteroatoms. The number of aromatic nitrogens is 1. The van der Waals surface area contributed by atoms with E-state index in [9.17, 15) is 5.11 Å². The zero-order chi connectivity index (χ0) is 12.3. The smallest absolute Gasteiger partial charge is 0.0874 e. The largest absolute Gasteiger partial charge is 0.388 e. The molecule has 1 aliphatic heterocycles. The van der Waals surface area contributed by atoms with Crippen molar-refractivity contribution in [1.82, 2.24) is 4.98 Å². The van der Waals surface area contributed by atoms with Gasteiger partial charge in [0.05, 0.1) is 6.10 Å². The van der Waals surface area contributed by atoms with Crippen LogP contribution in [0.5, 0.6) is 0 Å². The molecule has 1 aromatic rings. The highest BCUT2D eigenvalue weighted by Crippen LogP contribution is 2.41. The molecule has 0 bridgehead atoms. The molecule has 0 spiro atoms. The van der Waals surface area contributed by atoms with Gasteiger partial charge in [0.2, 0.25) is 0 Å². The van der Waals surface area contributed by atoms with Crippen molar-refractivity contribution in [3.63, 3.8) is 0 Å². The molecule has 1 aromatic heterocycles. The Kier molecular flexibility index (Phi) is 3.76. The first-order chi connectivity index (χ1) is 8.18. The summed E-state index contributed by atoms with van der Waals surface area (Å²) in [6, 6.07) is 3.85. The summed E-state index contributed by atoms with van der Waals surface area (Å²) >= 11 is 0. The minimum atomic E-state index is -0.551. The van der Waals surface area contributed by atoms with Crippen molar-refractivity contribution in [2.45, 2.75) is 25.9 Å². The second kappa shape index (κ2) is 5.12. The van der Waals surface area contributed by atoms with E-state index < -0.39 is 6.10 Å². The van der Waals surface area contributed by atoms with Gasteiger partial charge in [0.15, 0.2) is 0 Å². The number of hydrogen-bond donors (Lipinski definition) is 2. The lowest BCUT2D eigenvalue weighted by Gasteiger charge is -2.40. The van der Waals surface area contributed by atoms with Gasteiger partial charge < -0.3 is 15.6 Å². The highest BCUT2D eigenvalue weighted by molar-refractivity contribution is 5.18. The third-order valence-corrected chi connectivity index (χ3v) is 3.73. The fourth-order valence-corrected chi connectivity index (χ4v) is 2.36. The Balaban J connectivity index is 2.21. The van der Waals surface area contributed by atoms with Crippen molar-refractivity contribution in [3.8, 4) is 0 Å². The number of rotatable bonds is 3. The number of aliphatic hydroxyl groups excluding tert-OH is 1. The fourth-order valence-electron chi connectivity index (χ4n) is 2.36. The quantitative estimate of drug-likeness (QED) is 0.827. The van der Waals surface area contributed by atoms with Gasteiger partial charge in [-0.1, -0.05) is 6.07 Å². The molecule has 17 heavy (non-hydrogen) atoms. The molecule has 4 nitrogen and oxygen atoms in total. The zero-order valence-corrected chi connectivity index (χ0v) is 10.2. The maximum Gasteiger partial charge on any atom is 0.0874 e. The Morgan fingerprint density at radius 1 is 1.47 bits per heavy atom. The molecule has 0 radical (unpaired) electrons. The molecular weight excluding hydrogens is 216 g/mol. The van der Waals surface area contributed by atoms with Gasteiger partial charge in [0.1, 0.15) is 0 Å². The fraction of sp³-hybridized carbons (Fsp3) is 0.615. The molecular formula is C13H20N2O2. The molecule has 0 aliphatic carbocycles. The second-order valence-electron chi connectivity index (χ2n) is 4.81. The van der Waals surface area contributed by atoms with Crippen LogP contribution >= 0.6 is 0 Å². The summed E-state index contributed by atoms with van der Waals surface area (Å²) in [6.07, 6.45) is 2.80. The number of nitrogens with zero attached hydrogens (tertiary/aromatic N) is 1. The summed E-state index contributed by atoms with van der Waals surface area (Å²) in [5.41, 5.74) is 7.42. The Morgan fingerprint density at radius 3 is 2.71 bits per heavy atom. The minimum absolute atomic E-state index is 0.255. The Labute approximate surface area is 102 Å². The summed E-state index contributed by atoms with van der Waals surface area (Å²) in [4.78, 5) is 4.23. The van der Waals surface area contributed by atoms with Crippen molar-refractivity contribution in [1.29, 1.82) is 0 Å².